The molecule has 0 saturated carbocycles. The first-order chi connectivity index (χ1) is 8.54. The Kier molecular flexibility index (Phi) is 3.66. The van der Waals surface area contributed by atoms with Gasteiger partial charge in [-0.1, -0.05) is 12.1 Å². The largest absolute Gasteiger partial charge is 0.287 e. The molecule has 0 aliphatic rings. The average Bonchev–Trinajstić information content (AvgIpc) is 2.73. The lowest BCUT2D eigenvalue weighted by Gasteiger charge is -2.07. The van der Waals surface area contributed by atoms with Gasteiger partial charge in [0, 0.05) is 12.1 Å². The highest BCUT2D eigenvalue weighted by Gasteiger charge is 2.18. The topological polar surface area (TPSA) is 34.9 Å². The molecule has 0 amide bonds. The minimum Gasteiger partial charge on any atom is -0.287 e. The molecule has 0 bridgehead atoms. The fourth-order valence-corrected chi connectivity index (χ4v) is 2.32. The van der Waals surface area contributed by atoms with E-state index < -0.39 is 0 Å². The summed E-state index contributed by atoms with van der Waals surface area (Å²) in [6.45, 7) is 6.70. The number of halogens is 1. The van der Waals surface area contributed by atoms with E-state index in [2.05, 4.69) is 21.0 Å². The smallest absolute Gasteiger partial charge is 0.212 e. The van der Waals surface area contributed by atoms with Crippen LogP contribution in [0, 0.1) is 13.8 Å². The van der Waals surface area contributed by atoms with Gasteiger partial charge < -0.3 is 0 Å². The number of rotatable bonds is 3. The van der Waals surface area contributed by atoms with E-state index in [1.807, 2.05) is 39.0 Å². The first-order valence-corrected chi connectivity index (χ1v) is 6.67. The Morgan fingerprint density at radius 3 is 2.67 bits per heavy atom. The predicted octanol–water partition coefficient (Wildman–Crippen LogP) is 3.51. The van der Waals surface area contributed by atoms with Crippen molar-refractivity contribution in [1.82, 2.24) is 9.78 Å². The number of benzene rings is 1. The lowest BCUT2D eigenvalue weighted by Crippen LogP contribution is -2.11. The molecule has 0 spiro atoms. The molecule has 0 radical (unpaired) electrons. The molecule has 4 heteroatoms. The summed E-state index contributed by atoms with van der Waals surface area (Å²) in [5.74, 6) is 0.00400. The predicted molar refractivity (Wildman–Crippen MR) is 74.9 cm³/mol. The van der Waals surface area contributed by atoms with Crippen LogP contribution in [0.15, 0.2) is 28.9 Å². The first kappa shape index (κ1) is 13.0. The molecule has 0 N–H and O–H groups in total. The fraction of sp³-hybridized carbons (Fsp3) is 0.286. The molecule has 1 aromatic heterocycles. The third-order valence-electron chi connectivity index (χ3n) is 3.08. The zero-order valence-electron chi connectivity index (χ0n) is 10.7. The van der Waals surface area contributed by atoms with Gasteiger partial charge in [0.1, 0.15) is 5.69 Å². The molecular weight excluding hydrogens is 292 g/mol. The second kappa shape index (κ2) is 5.06. The Labute approximate surface area is 115 Å². The van der Waals surface area contributed by atoms with Gasteiger partial charge in [0.15, 0.2) is 0 Å². The summed E-state index contributed by atoms with van der Waals surface area (Å²) in [5.41, 5.74) is 3.63. The number of hydrogen-bond donors (Lipinski definition) is 0. The van der Waals surface area contributed by atoms with Crippen LogP contribution in [0.5, 0.6) is 0 Å². The number of aromatic nitrogens is 2. The maximum Gasteiger partial charge on any atom is 0.212 e. The van der Waals surface area contributed by atoms with Gasteiger partial charge in [-0.3, -0.25) is 9.48 Å². The standard InChI is InChI=1S/C14H15BrN2O/c1-4-17-13(12(15)8-16-17)14(18)11-6-5-9(2)10(3)7-11/h5-8H,4H2,1-3H3. The number of nitrogens with zero attached hydrogens (tertiary/aromatic N) is 2. The molecule has 3 nitrogen and oxygen atoms in total. The second-order valence-electron chi connectivity index (χ2n) is 4.29. The minimum atomic E-state index is 0.00400. The molecule has 0 aliphatic heterocycles. The molecule has 1 aromatic carbocycles. The van der Waals surface area contributed by atoms with Crippen LogP contribution < -0.4 is 0 Å². The summed E-state index contributed by atoms with van der Waals surface area (Å²) in [6.07, 6.45) is 1.66. The van der Waals surface area contributed by atoms with Crippen LogP contribution >= 0.6 is 15.9 Å². The molecule has 2 rings (SSSR count). The van der Waals surface area contributed by atoms with Gasteiger partial charge >= 0.3 is 0 Å². The molecule has 0 aliphatic carbocycles. The third kappa shape index (κ3) is 2.25. The maximum absolute atomic E-state index is 12.5. The normalized spacial score (nSPS) is 10.7. The van der Waals surface area contributed by atoms with E-state index in [1.54, 1.807) is 10.9 Å². The van der Waals surface area contributed by atoms with Crippen molar-refractivity contribution >= 4 is 21.7 Å². The van der Waals surface area contributed by atoms with E-state index in [1.165, 1.54) is 5.56 Å². The van der Waals surface area contributed by atoms with Gasteiger partial charge in [0.05, 0.1) is 10.7 Å². The summed E-state index contributed by atoms with van der Waals surface area (Å²) >= 11 is 3.38. The van der Waals surface area contributed by atoms with Crippen molar-refractivity contribution in [3.05, 3.63) is 51.3 Å². The zero-order chi connectivity index (χ0) is 13.3. The number of carbonyl (C=O) groups excluding carboxylic acids is 1. The van der Waals surface area contributed by atoms with Crippen molar-refractivity contribution < 1.29 is 4.79 Å². The second-order valence-corrected chi connectivity index (χ2v) is 5.14. The molecule has 0 saturated heterocycles. The third-order valence-corrected chi connectivity index (χ3v) is 3.66. The summed E-state index contributed by atoms with van der Waals surface area (Å²) < 4.78 is 2.45. The van der Waals surface area contributed by atoms with E-state index in [0.29, 0.717) is 17.8 Å². The van der Waals surface area contributed by atoms with Gasteiger partial charge in [0.2, 0.25) is 5.78 Å². The molecule has 1 heterocycles. The van der Waals surface area contributed by atoms with Crippen LogP contribution in [-0.4, -0.2) is 15.6 Å². The van der Waals surface area contributed by atoms with Crippen molar-refractivity contribution in [2.75, 3.05) is 0 Å². The fourth-order valence-electron chi connectivity index (χ4n) is 1.85. The van der Waals surface area contributed by atoms with Crippen LogP contribution in [-0.2, 0) is 6.54 Å². The molecule has 94 valence electrons. The average molecular weight is 307 g/mol. The quantitative estimate of drug-likeness (QED) is 0.813. The highest BCUT2D eigenvalue weighted by molar-refractivity contribution is 9.10. The molecule has 0 fully saturated rings. The number of carbonyl (C=O) groups is 1. The first-order valence-electron chi connectivity index (χ1n) is 5.87. The van der Waals surface area contributed by atoms with Crippen molar-refractivity contribution in [2.45, 2.75) is 27.3 Å². The van der Waals surface area contributed by atoms with Gasteiger partial charge in [-0.05, 0) is 53.9 Å². The van der Waals surface area contributed by atoms with E-state index in [0.717, 1.165) is 10.0 Å². The van der Waals surface area contributed by atoms with Gasteiger partial charge in [0.25, 0.3) is 0 Å². The number of aryl methyl sites for hydroxylation is 3. The van der Waals surface area contributed by atoms with Gasteiger partial charge in [-0.15, -0.1) is 0 Å². The Morgan fingerprint density at radius 2 is 2.06 bits per heavy atom. The monoisotopic (exact) mass is 306 g/mol. The van der Waals surface area contributed by atoms with Crippen molar-refractivity contribution in [2.24, 2.45) is 0 Å². The Hall–Kier alpha value is -1.42. The van der Waals surface area contributed by atoms with Crippen LogP contribution in [0.1, 0.15) is 34.1 Å². The molecule has 18 heavy (non-hydrogen) atoms. The van der Waals surface area contributed by atoms with E-state index in [4.69, 9.17) is 0 Å². The van der Waals surface area contributed by atoms with Crippen LogP contribution in [0.3, 0.4) is 0 Å². The van der Waals surface area contributed by atoms with Crippen molar-refractivity contribution in [3.63, 3.8) is 0 Å². The lowest BCUT2D eigenvalue weighted by atomic mass is 10.0. The summed E-state index contributed by atoms with van der Waals surface area (Å²) in [4.78, 5) is 12.5. The van der Waals surface area contributed by atoms with Crippen molar-refractivity contribution in [1.29, 1.82) is 0 Å². The highest BCUT2D eigenvalue weighted by Crippen LogP contribution is 2.21. The SMILES string of the molecule is CCn1ncc(Br)c1C(=O)c1ccc(C)c(C)c1. The zero-order valence-corrected chi connectivity index (χ0v) is 12.3. The molecule has 0 unspecified atom stereocenters. The molecule has 2 aromatic rings. The summed E-state index contributed by atoms with van der Waals surface area (Å²) in [6, 6.07) is 5.77. The summed E-state index contributed by atoms with van der Waals surface area (Å²) in [7, 11) is 0. The van der Waals surface area contributed by atoms with E-state index in [9.17, 15) is 4.79 Å². The van der Waals surface area contributed by atoms with Crippen LogP contribution in [0.4, 0.5) is 0 Å². The maximum atomic E-state index is 12.5. The van der Waals surface area contributed by atoms with E-state index in [-0.39, 0.29) is 5.78 Å². The van der Waals surface area contributed by atoms with Gasteiger partial charge in [-0.25, -0.2) is 0 Å². The Bertz CT molecular complexity index is 602. The van der Waals surface area contributed by atoms with Crippen LogP contribution in [0.2, 0.25) is 0 Å². The van der Waals surface area contributed by atoms with Crippen LogP contribution in [0.25, 0.3) is 0 Å². The minimum absolute atomic E-state index is 0.00400. The Balaban J connectivity index is 2.47. The van der Waals surface area contributed by atoms with E-state index >= 15 is 0 Å². The lowest BCUT2D eigenvalue weighted by molar-refractivity contribution is 0.102. The van der Waals surface area contributed by atoms with Crippen molar-refractivity contribution in [3.8, 4) is 0 Å². The summed E-state index contributed by atoms with van der Waals surface area (Å²) in [5, 5.41) is 4.17. The number of ketones is 1. The Morgan fingerprint density at radius 1 is 1.33 bits per heavy atom. The van der Waals surface area contributed by atoms with Gasteiger partial charge in [-0.2, -0.15) is 5.10 Å². The molecular formula is C14H15BrN2O. The number of hydrogen-bond acceptors (Lipinski definition) is 2. The highest BCUT2D eigenvalue weighted by atomic mass is 79.9. The molecule has 0 atom stereocenters.